The van der Waals surface area contributed by atoms with Crippen LogP contribution in [-0.2, 0) is 9.53 Å². The van der Waals surface area contributed by atoms with Gasteiger partial charge in [-0.1, -0.05) is 18.2 Å². The summed E-state index contributed by atoms with van der Waals surface area (Å²) >= 11 is 0. The molecule has 2 N–H and O–H groups in total. The highest BCUT2D eigenvalue weighted by molar-refractivity contribution is 5.94. The van der Waals surface area contributed by atoms with Crippen molar-refractivity contribution in [1.82, 2.24) is 9.55 Å². The predicted molar refractivity (Wildman–Crippen MR) is 105 cm³/mol. The van der Waals surface area contributed by atoms with Gasteiger partial charge in [0.1, 0.15) is 0 Å². The van der Waals surface area contributed by atoms with Crippen molar-refractivity contribution in [3.8, 4) is 11.5 Å². The molecule has 4 rings (SSSR count). The lowest BCUT2D eigenvalue weighted by molar-refractivity contribution is -0.136. The number of carbonyl (C=O) groups excluding carboxylic acids is 1. The molecule has 0 bridgehead atoms. The fraction of sp³-hybridized carbons (Fsp3) is 0.238. The lowest BCUT2D eigenvalue weighted by Crippen LogP contribution is -2.28. The van der Waals surface area contributed by atoms with E-state index in [4.69, 9.17) is 9.47 Å². The first-order chi connectivity index (χ1) is 13.5. The third kappa shape index (κ3) is 2.76. The summed E-state index contributed by atoms with van der Waals surface area (Å²) in [6.45, 7) is 4.09. The molecule has 0 amide bonds. The zero-order valence-electron chi connectivity index (χ0n) is 15.9. The molecule has 0 fully saturated rings. The fourth-order valence-electron chi connectivity index (χ4n) is 3.63. The van der Waals surface area contributed by atoms with E-state index in [0.29, 0.717) is 29.6 Å². The first kappa shape index (κ1) is 17.9. The van der Waals surface area contributed by atoms with E-state index < -0.39 is 12.0 Å². The van der Waals surface area contributed by atoms with E-state index >= 15 is 0 Å². The monoisotopic (exact) mass is 379 g/mol. The zero-order valence-corrected chi connectivity index (χ0v) is 15.9. The van der Waals surface area contributed by atoms with Crippen molar-refractivity contribution in [2.45, 2.75) is 19.9 Å². The number of carbonyl (C=O) groups is 1. The highest BCUT2D eigenvalue weighted by Crippen LogP contribution is 2.41. The Morgan fingerprint density at radius 1 is 1.29 bits per heavy atom. The third-order valence-electron chi connectivity index (χ3n) is 4.84. The number of phenols is 1. The van der Waals surface area contributed by atoms with Crippen molar-refractivity contribution in [3.05, 3.63) is 59.3 Å². The van der Waals surface area contributed by atoms with Gasteiger partial charge < -0.3 is 19.9 Å². The van der Waals surface area contributed by atoms with Gasteiger partial charge in [0.05, 0.1) is 36.4 Å². The van der Waals surface area contributed by atoms with Crippen LogP contribution in [0.5, 0.6) is 11.5 Å². The van der Waals surface area contributed by atoms with Crippen LogP contribution in [0.4, 0.5) is 5.95 Å². The number of benzene rings is 2. The number of rotatable bonds is 4. The number of imidazole rings is 1. The molecule has 2 aromatic carbocycles. The highest BCUT2D eigenvalue weighted by Gasteiger charge is 2.35. The Morgan fingerprint density at radius 3 is 2.82 bits per heavy atom. The molecule has 0 saturated carbocycles. The van der Waals surface area contributed by atoms with Gasteiger partial charge in [-0.25, -0.2) is 9.78 Å². The predicted octanol–water partition coefficient (Wildman–Crippen LogP) is 3.60. The molecule has 7 nitrogen and oxygen atoms in total. The van der Waals surface area contributed by atoms with E-state index in [9.17, 15) is 9.90 Å². The van der Waals surface area contributed by atoms with Crippen LogP contribution in [0.2, 0.25) is 0 Å². The molecule has 0 radical (unpaired) electrons. The Morgan fingerprint density at radius 2 is 2.07 bits per heavy atom. The fourth-order valence-corrected chi connectivity index (χ4v) is 3.63. The summed E-state index contributed by atoms with van der Waals surface area (Å²) in [6.07, 6.45) is 0. The van der Waals surface area contributed by atoms with Gasteiger partial charge in [-0.05, 0) is 43.7 Å². The number of fused-ring (bicyclic) bond motifs is 3. The number of nitrogens with zero attached hydrogens (tertiary/aromatic N) is 2. The first-order valence-electron chi connectivity index (χ1n) is 9.04. The van der Waals surface area contributed by atoms with Gasteiger partial charge >= 0.3 is 5.97 Å². The van der Waals surface area contributed by atoms with Gasteiger partial charge in [-0.15, -0.1) is 0 Å². The number of hydrogen-bond acceptors (Lipinski definition) is 6. The summed E-state index contributed by atoms with van der Waals surface area (Å²) in [6, 6.07) is 12.4. The first-order valence-corrected chi connectivity index (χ1v) is 9.04. The van der Waals surface area contributed by atoms with Crippen LogP contribution in [0, 0.1) is 0 Å². The van der Waals surface area contributed by atoms with Gasteiger partial charge in [0, 0.05) is 5.70 Å². The van der Waals surface area contributed by atoms with Crippen LogP contribution < -0.4 is 10.1 Å². The molecule has 7 heteroatoms. The van der Waals surface area contributed by atoms with E-state index in [2.05, 4.69) is 10.3 Å². The molecule has 0 unspecified atom stereocenters. The molecular formula is C21H21N3O4. The van der Waals surface area contributed by atoms with Crippen LogP contribution in [0.15, 0.2) is 53.7 Å². The summed E-state index contributed by atoms with van der Waals surface area (Å²) in [5.41, 5.74) is 3.64. The summed E-state index contributed by atoms with van der Waals surface area (Å²) in [7, 11) is 1.36. The van der Waals surface area contributed by atoms with Crippen LogP contribution in [-0.4, -0.2) is 34.3 Å². The number of phenolic OH excluding ortho intramolecular Hbond substituents is 1. The average molecular weight is 379 g/mol. The molecule has 0 spiro atoms. The Bertz CT molecular complexity index is 1100. The molecule has 1 atom stereocenters. The second kappa shape index (κ2) is 6.92. The lowest BCUT2D eigenvalue weighted by atomic mass is 9.94. The number of anilines is 1. The van der Waals surface area contributed by atoms with Gasteiger partial charge in [-0.2, -0.15) is 0 Å². The van der Waals surface area contributed by atoms with Gasteiger partial charge in [-0.3, -0.25) is 4.57 Å². The minimum absolute atomic E-state index is 0.0515. The minimum Gasteiger partial charge on any atom is -0.504 e. The van der Waals surface area contributed by atoms with Gasteiger partial charge in [0.25, 0.3) is 0 Å². The molecule has 28 heavy (non-hydrogen) atoms. The normalized spacial score (nSPS) is 15.9. The number of allylic oxidation sites excluding steroid dienone is 1. The molecule has 1 aliphatic rings. The van der Waals surface area contributed by atoms with Crippen LogP contribution >= 0.6 is 0 Å². The second-order valence-electron chi connectivity index (χ2n) is 6.51. The molecular weight excluding hydrogens is 358 g/mol. The highest BCUT2D eigenvalue weighted by atomic mass is 16.5. The SMILES string of the molecule is CCOc1cc([C@H]2C(C(=O)OC)=C(C)Nc3nc4ccccc4n32)ccc1O. The molecule has 144 valence electrons. The Hall–Kier alpha value is -3.48. The topological polar surface area (TPSA) is 85.6 Å². The Kier molecular flexibility index (Phi) is 4.43. The standard InChI is InChI=1S/C21H21N3O4/c1-4-28-17-11-13(9-10-16(17)25)19-18(20(26)27-3)12(2)22-21-23-14-7-5-6-8-15(14)24(19)21/h5-11,19,25H,4H2,1-3H3,(H,22,23)/t19-/m0/s1. The third-order valence-corrected chi connectivity index (χ3v) is 4.84. The summed E-state index contributed by atoms with van der Waals surface area (Å²) in [4.78, 5) is 17.3. The number of esters is 1. The van der Waals surface area contributed by atoms with Crippen LogP contribution in [0.1, 0.15) is 25.5 Å². The number of ether oxygens (including phenoxy) is 2. The molecule has 0 aliphatic carbocycles. The van der Waals surface area contributed by atoms with Crippen molar-refractivity contribution in [3.63, 3.8) is 0 Å². The Balaban J connectivity index is 1.99. The van der Waals surface area contributed by atoms with Gasteiger partial charge in [0.2, 0.25) is 5.95 Å². The summed E-state index contributed by atoms with van der Waals surface area (Å²) in [5.74, 6) is 0.633. The quantitative estimate of drug-likeness (QED) is 0.674. The van der Waals surface area contributed by atoms with E-state index in [1.807, 2.05) is 42.7 Å². The number of hydrogen-bond donors (Lipinski definition) is 2. The van der Waals surface area contributed by atoms with Crippen molar-refractivity contribution >= 4 is 23.0 Å². The second-order valence-corrected chi connectivity index (χ2v) is 6.51. The van der Waals surface area contributed by atoms with E-state index in [1.165, 1.54) is 7.11 Å². The van der Waals surface area contributed by atoms with E-state index in [0.717, 1.165) is 16.6 Å². The van der Waals surface area contributed by atoms with Crippen molar-refractivity contribution < 1.29 is 19.4 Å². The average Bonchev–Trinajstić information content (AvgIpc) is 3.06. The molecule has 3 aromatic rings. The zero-order chi connectivity index (χ0) is 19.8. The van der Waals surface area contributed by atoms with Crippen molar-refractivity contribution in [2.24, 2.45) is 0 Å². The molecule has 0 saturated heterocycles. The number of aromatic hydroxyl groups is 1. The lowest BCUT2D eigenvalue weighted by Gasteiger charge is -2.30. The van der Waals surface area contributed by atoms with Crippen molar-refractivity contribution in [1.29, 1.82) is 0 Å². The maximum absolute atomic E-state index is 12.7. The van der Waals surface area contributed by atoms with Crippen LogP contribution in [0.3, 0.4) is 0 Å². The minimum atomic E-state index is -0.476. The number of aromatic nitrogens is 2. The summed E-state index contributed by atoms with van der Waals surface area (Å²) < 4.78 is 12.6. The number of nitrogens with one attached hydrogen (secondary N) is 1. The number of methoxy groups -OCH3 is 1. The van der Waals surface area contributed by atoms with E-state index in [1.54, 1.807) is 18.2 Å². The molecule has 1 aliphatic heterocycles. The maximum atomic E-state index is 12.7. The largest absolute Gasteiger partial charge is 0.504 e. The van der Waals surface area contributed by atoms with E-state index in [-0.39, 0.29) is 5.75 Å². The molecule has 2 heterocycles. The van der Waals surface area contributed by atoms with Gasteiger partial charge in [0.15, 0.2) is 11.5 Å². The Labute approximate surface area is 162 Å². The van der Waals surface area contributed by atoms with Crippen LogP contribution in [0.25, 0.3) is 11.0 Å². The number of para-hydroxylation sites is 2. The molecule has 1 aromatic heterocycles. The maximum Gasteiger partial charge on any atom is 0.337 e. The smallest absolute Gasteiger partial charge is 0.337 e. The summed E-state index contributed by atoms with van der Waals surface area (Å²) in [5, 5.41) is 13.3. The van der Waals surface area contributed by atoms with Crippen molar-refractivity contribution in [2.75, 3.05) is 19.0 Å².